The Kier molecular flexibility index (Phi) is 6.20. The Morgan fingerprint density at radius 2 is 1.94 bits per heavy atom. The first-order valence-corrected chi connectivity index (χ1v) is 10.1. The largest absolute Gasteiger partial charge is 0.456 e. The molecular weight excluding hydrogens is 445 g/mol. The van der Waals surface area contributed by atoms with Gasteiger partial charge in [-0.1, -0.05) is 17.7 Å². The number of anilines is 2. The molecule has 6 nitrogen and oxygen atoms in total. The lowest BCUT2D eigenvalue weighted by Crippen LogP contribution is -2.04. The average Bonchev–Trinajstić information content (AvgIpc) is 3.18. The molecule has 0 radical (unpaired) electrons. The van der Waals surface area contributed by atoms with E-state index in [1.165, 1.54) is 18.5 Å². The van der Waals surface area contributed by atoms with Crippen molar-refractivity contribution in [3.63, 3.8) is 0 Å². The Morgan fingerprint density at radius 1 is 1.09 bits per heavy atom. The summed E-state index contributed by atoms with van der Waals surface area (Å²) in [6.07, 6.45) is -0.562. The smallest absolute Gasteiger partial charge is 0.416 e. The third-order valence-electron chi connectivity index (χ3n) is 4.69. The number of hydrogen-bond donors (Lipinski definition) is 2. The Balaban J connectivity index is 1.57. The summed E-state index contributed by atoms with van der Waals surface area (Å²) in [7, 11) is 0. The van der Waals surface area contributed by atoms with Crippen LogP contribution in [0.4, 0.5) is 24.7 Å². The van der Waals surface area contributed by atoms with Crippen LogP contribution in [0.1, 0.15) is 12.0 Å². The van der Waals surface area contributed by atoms with Gasteiger partial charge in [0.2, 0.25) is 0 Å². The predicted molar refractivity (Wildman–Crippen MR) is 115 cm³/mol. The SMILES string of the molecule is OCCCn1ccc2ncnc(Nc3ccc(Oc4cccc(C(F)(F)F)c4)c(Cl)c3)c21. The first-order chi connectivity index (χ1) is 15.3. The van der Waals surface area contributed by atoms with Crippen LogP contribution in [0.5, 0.6) is 11.5 Å². The number of ether oxygens (including phenoxy) is 1. The average molecular weight is 463 g/mol. The van der Waals surface area contributed by atoms with Gasteiger partial charge in [-0.15, -0.1) is 0 Å². The minimum Gasteiger partial charge on any atom is -0.456 e. The Bertz CT molecular complexity index is 1240. The number of aliphatic hydroxyl groups excluding tert-OH is 1. The maximum atomic E-state index is 12.9. The highest BCUT2D eigenvalue weighted by atomic mass is 35.5. The van der Waals surface area contributed by atoms with Gasteiger partial charge in [-0.3, -0.25) is 0 Å². The molecule has 0 fully saturated rings. The summed E-state index contributed by atoms with van der Waals surface area (Å²) < 4.78 is 46.3. The molecule has 0 aliphatic carbocycles. The van der Waals surface area contributed by atoms with Gasteiger partial charge in [0, 0.05) is 25.0 Å². The zero-order valence-corrected chi connectivity index (χ0v) is 17.4. The van der Waals surface area contributed by atoms with Crippen molar-refractivity contribution in [1.82, 2.24) is 14.5 Å². The second-order valence-electron chi connectivity index (χ2n) is 6.94. The monoisotopic (exact) mass is 462 g/mol. The number of fused-ring (bicyclic) bond motifs is 1. The number of alkyl halides is 3. The van der Waals surface area contributed by atoms with Crippen LogP contribution >= 0.6 is 11.6 Å². The van der Waals surface area contributed by atoms with E-state index < -0.39 is 11.7 Å². The number of aliphatic hydroxyl groups is 1. The fourth-order valence-corrected chi connectivity index (χ4v) is 3.43. The summed E-state index contributed by atoms with van der Waals surface area (Å²) in [5, 5.41) is 12.5. The molecule has 0 aliphatic rings. The molecule has 0 spiro atoms. The molecule has 0 aliphatic heterocycles. The number of rotatable bonds is 7. The van der Waals surface area contributed by atoms with Gasteiger partial charge >= 0.3 is 6.18 Å². The molecular formula is C22H18ClF3N4O2. The summed E-state index contributed by atoms with van der Waals surface area (Å²) >= 11 is 6.32. The second-order valence-corrected chi connectivity index (χ2v) is 7.35. The lowest BCUT2D eigenvalue weighted by molar-refractivity contribution is -0.137. The predicted octanol–water partition coefficient (Wildman–Crippen LogP) is 6.02. The maximum absolute atomic E-state index is 12.9. The third kappa shape index (κ3) is 4.79. The topological polar surface area (TPSA) is 72.2 Å². The van der Waals surface area contributed by atoms with Crippen LogP contribution < -0.4 is 10.1 Å². The van der Waals surface area contributed by atoms with Gasteiger partial charge in [-0.05, 0) is 48.9 Å². The highest BCUT2D eigenvalue weighted by molar-refractivity contribution is 6.32. The molecule has 0 saturated carbocycles. The number of nitrogens with zero attached hydrogens (tertiary/aromatic N) is 3. The molecule has 0 unspecified atom stereocenters. The Morgan fingerprint density at radius 3 is 2.69 bits per heavy atom. The molecule has 2 N–H and O–H groups in total. The van der Waals surface area contributed by atoms with Gasteiger partial charge < -0.3 is 19.7 Å². The summed E-state index contributed by atoms with van der Waals surface area (Å²) in [4.78, 5) is 8.56. The van der Waals surface area contributed by atoms with Crippen LogP contribution in [0.2, 0.25) is 5.02 Å². The summed E-state index contributed by atoms with van der Waals surface area (Å²) in [5.74, 6) is 0.804. The van der Waals surface area contributed by atoms with Crippen molar-refractivity contribution in [3.8, 4) is 11.5 Å². The van der Waals surface area contributed by atoms with Crippen molar-refractivity contribution in [3.05, 3.63) is 71.6 Å². The van der Waals surface area contributed by atoms with Gasteiger partial charge in [0.1, 0.15) is 23.3 Å². The fourth-order valence-electron chi connectivity index (χ4n) is 3.21. The number of hydrogen-bond acceptors (Lipinski definition) is 5. The number of halogens is 4. The van der Waals surface area contributed by atoms with E-state index in [1.54, 1.807) is 18.2 Å². The number of aromatic nitrogens is 3. The van der Waals surface area contributed by atoms with Gasteiger partial charge in [0.25, 0.3) is 0 Å². The van der Waals surface area contributed by atoms with Gasteiger partial charge in [-0.25, -0.2) is 9.97 Å². The molecule has 4 aromatic rings. The molecule has 0 amide bonds. The highest BCUT2D eigenvalue weighted by Gasteiger charge is 2.30. The van der Waals surface area contributed by atoms with E-state index in [2.05, 4.69) is 15.3 Å². The van der Waals surface area contributed by atoms with Crippen LogP contribution in [-0.2, 0) is 12.7 Å². The molecule has 2 aromatic heterocycles. The molecule has 0 bridgehead atoms. The fraction of sp³-hybridized carbons (Fsp3) is 0.182. The van der Waals surface area contributed by atoms with E-state index in [1.807, 2.05) is 16.8 Å². The van der Waals surface area contributed by atoms with E-state index in [0.717, 1.165) is 23.2 Å². The molecule has 0 saturated heterocycles. The van der Waals surface area contributed by atoms with E-state index >= 15 is 0 Å². The molecule has 4 rings (SSSR count). The van der Waals surface area contributed by atoms with E-state index in [0.29, 0.717) is 24.5 Å². The third-order valence-corrected chi connectivity index (χ3v) is 4.99. The van der Waals surface area contributed by atoms with Crippen molar-refractivity contribution in [2.45, 2.75) is 19.1 Å². The van der Waals surface area contributed by atoms with Crippen LogP contribution in [-0.4, -0.2) is 26.2 Å². The first-order valence-electron chi connectivity index (χ1n) is 9.67. The van der Waals surface area contributed by atoms with Crippen molar-refractivity contribution in [2.75, 3.05) is 11.9 Å². The van der Waals surface area contributed by atoms with E-state index in [9.17, 15) is 13.2 Å². The molecule has 2 aromatic carbocycles. The molecule has 0 atom stereocenters. The van der Waals surface area contributed by atoms with Gasteiger partial charge in [0.15, 0.2) is 5.82 Å². The Hall–Kier alpha value is -3.30. The van der Waals surface area contributed by atoms with Crippen molar-refractivity contribution >= 4 is 34.1 Å². The number of aryl methyl sites for hydroxylation is 1. The molecule has 2 heterocycles. The van der Waals surface area contributed by atoms with Gasteiger partial charge in [0.05, 0.1) is 16.1 Å². The maximum Gasteiger partial charge on any atom is 0.416 e. The van der Waals surface area contributed by atoms with Crippen LogP contribution in [0.25, 0.3) is 11.0 Å². The second kappa shape index (κ2) is 9.05. The normalized spacial score (nSPS) is 11.7. The van der Waals surface area contributed by atoms with Crippen LogP contribution in [0.3, 0.4) is 0 Å². The van der Waals surface area contributed by atoms with Crippen molar-refractivity contribution in [2.24, 2.45) is 0 Å². The molecule has 32 heavy (non-hydrogen) atoms. The lowest BCUT2D eigenvalue weighted by Gasteiger charge is -2.13. The summed E-state index contributed by atoms with van der Waals surface area (Å²) in [6.45, 7) is 0.672. The quantitative estimate of drug-likeness (QED) is 0.351. The minimum atomic E-state index is -4.46. The van der Waals surface area contributed by atoms with E-state index in [-0.39, 0.29) is 23.1 Å². The number of benzene rings is 2. The zero-order chi connectivity index (χ0) is 22.7. The first kappa shape index (κ1) is 21.9. The zero-order valence-electron chi connectivity index (χ0n) is 16.6. The van der Waals surface area contributed by atoms with Crippen molar-refractivity contribution in [1.29, 1.82) is 0 Å². The highest BCUT2D eigenvalue weighted by Crippen LogP contribution is 2.36. The Labute approximate surface area is 186 Å². The molecule has 166 valence electrons. The van der Waals surface area contributed by atoms with Gasteiger partial charge in [-0.2, -0.15) is 13.2 Å². The van der Waals surface area contributed by atoms with Crippen LogP contribution in [0, 0.1) is 0 Å². The summed E-state index contributed by atoms with van der Waals surface area (Å²) in [5.41, 5.74) is 1.33. The minimum absolute atomic E-state index is 0.0293. The van der Waals surface area contributed by atoms with E-state index in [4.69, 9.17) is 21.4 Å². The number of nitrogens with one attached hydrogen (secondary N) is 1. The van der Waals surface area contributed by atoms with Crippen molar-refractivity contribution < 1.29 is 23.0 Å². The standard InChI is InChI=1S/C22H18ClF3N4O2/c23-17-12-15(5-6-19(17)32-16-4-1-3-14(11-16)22(24,25)26)29-21-20-18(27-13-28-21)7-9-30(20)8-2-10-31/h1,3-7,9,11-13,31H,2,8,10H2,(H,27,28,29). The summed E-state index contributed by atoms with van der Waals surface area (Å²) in [6, 6.07) is 11.3. The molecule has 10 heteroatoms. The van der Waals surface area contributed by atoms with Crippen LogP contribution in [0.15, 0.2) is 61.1 Å². The lowest BCUT2D eigenvalue weighted by atomic mass is 10.2.